The van der Waals surface area contributed by atoms with Crippen LogP contribution in [-0.4, -0.2) is 45.0 Å². The largest absolute Gasteiger partial charge is 0.503 e. The van der Waals surface area contributed by atoms with Crippen molar-refractivity contribution < 1.29 is 15.3 Å². The summed E-state index contributed by atoms with van der Waals surface area (Å²) in [6, 6.07) is 1.22. The maximum Gasteiger partial charge on any atom is 0.223 e. The Bertz CT molecular complexity index is 496. The monoisotopic (exact) mass is 268 g/mol. The van der Waals surface area contributed by atoms with E-state index in [1.165, 1.54) is 6.07 Å². The molecule has 0 aliphatic rings. The maximum absolute atomic E-state index is 11.6. The van der Waals surface area contributed by atoms with Crippen molar-refractivity contribution in [2.45, 2.75) is 19.7 Å². The summed E-state index contributed by atoms with van der Waals surface area (Å²) in [5, 5.41) is 28.1. The van der Waals surface area contributed by atoms with E-state index in [1.807, 2.05) is 0 Å². The second-order valence-corrected chi connectivity index (χ2v) is 4.31. The fraction of sp³-hybridized carbons (Fsp3) is 0.462. The molecule has 3 N–H and O–H groups in total. The fourth-order valence-corrected chi connectivity index (χ4v) is 1.89. The van der Waals surface area contributed by atoms with E-state index >= 15 is 0 Å². The molecule has 0 saturated heterocycles. The van der Waals surface area contributed by atoms with Crippen molar-refractivity contribution >= 4 is 0 Å². The molecule has 6 nitrogen and oxygen atoms in total. The van der Waals surface area contributed by atoms with E-state index in [4.69, 9.17) is 5.11 Å². The van der Waals surface area contributed by atoms with Gasteiger partial charge < -0.3 is 19.9 Å². The highest BCUT2D eigenvalue weighted by Gasteiger charge is 2.15. The molecule has 0 bridgehead atoms. The second-order valence-electron chi connectivity index (χ2n) is 4.31. The number of aliphatic hydroxyl groups excluding tert-OH is 2. The summed E-state index contributed by atoms with van der Waals surface area (Å²) in [6.07, 6.45) is 1.62. The third-order valence-electron chi connectivity index (χ3n) is 2.85. The molecule has 0 aliphatic heterocycles. The highest BCUT2D eigenvalue weighted by atomic mass is 16.3. The maximum atomic E-state index is 11.6. The SMILES string of the molecule is C=CCn1c(CO)cc(=O)c(O)c1CN(C)CCO. The molecule has 0 radical (unpaired) electrons. The molecule has 106 valence electrons. The lowest BCUT2D eigenvalue weighted by atomic mass is 10.2. The number of hydrogen-bond acceptors (Lipinski definition) is 5. The summed E-state index contributed by atoms with van der Waals surface area (Å²) in [5.74, 6) is -0.330. The van der Waals surface area contributed by atoms with Crippen LogP contribution in [0.3, 0.4) is 0 Å². The number of nitrogens with zero attached hydrogens (tertiary/aromatic N) is 2. The Hall–Kier alpha value is -1.63. The number of aliphatic hydroxyl groups is 2. The van der Waals surface area contributed by atoms with Gasteiger partial charge in [0.1, 0.15) is 0 Å². The standard InChI is InChI=1S/C13H20N2O4/c1-3-4-15-10(9-17)7-12(18)13(19)11(15)8-14(2)5-6-16/h3,7,16-17,19H,1,4-6,8-9H2,2H3. The molecule has 0 fully saturated rings. The van der Waals surface area contributed by atoms with Crippen LogP contribution >= 0.6 is 0 Å². The molecule has 19 heavy (non-hydrogen) atoms. The molecular formula is C13H20N2O4. The molecule has 0 amide bonds. The molecule has 0 aromatic carbocycles. The van der Waals surface area contributed by atoms with Crippen molar-refractivity contribution in [2.24, 2.45) is 0 Å². The van der Waals surface area contributed by atoms with Crippen molar-refractivity contribution in [3.8, 4) is 5.75 Å². The van der Waals surface area contributed by atoms with Gasteiger partial charge in [0.15, 0.2) is 5.75 Å². The van der Waals surface area contributed by atoms with Crippen LogP contribution in [0.25, 0.3) is 0 Å². The van der Waals surface area contributed by atoms with Gasteiger partial charge in [-0.2, -0.15) is 0 Å². The van der Waals surface area contributed by atoms with E-state index in [2.05, 4.69) is 6.58 Å². The van der Waals surface area contributed by atoms with Crippen LogP contribution in [0, 0.1) is 0 Å². The van der Waals surface area contributed by atoms with E-state index in [-0.39, 0.29) is 19.0 Å². The second kappa shape index (κ2) is 7.08. The van der Waals surface area contributed by atoms with Crippen LogP contribution in [0.5, 0.6) is 5.75 Å². The van der Waals surface area contributed by atoms with Crippen LogP contribution in [0.1, 0.15) is 11.4 Å². The summed E-state index contributed by atoms with van der Waals surface area (Å²) in [5.41, 5.74) is 0.319. The number of rotatable bonds is 7. The number of likely N-dealkylation sites (N-methyl/N-ethyl adjacent to an activating group) is 1. The summed E-state index contributed by atoms with van der Waals surface area (Å²) in [4.78, 5) is 13.4. The highest BCUT2D eigenvalue weighted by molar-refractivity contribution is 5.30. The molecule has 0 aliphatic carbocycles. The van der Waals surface area contributed by atoms with E-state index < -0.39 is 5.43 Å². The fourth-order valence-electron chi connectivity index (χ4n) is 1.89. The van der Waals surface area contributed by atoms with Crippen molar-refractivity contribution in [3.05, 3.63) is 40.3 Å². The topological polar surface area (TPSA) is 85.9 Å². The normalized spacial score (nSPS) is 10.9. The molecule has 1 heterocycles. The van der Waals surface area contributed by atoms with Crippen LogP contribution < -0.4 is 5.43 Å². The Morgan fingerprint density at radius 2 is 2.16 bits per heavy atom. The van der Waals surface area contributed by atoms with Gasteiger partial charge >= 0.3 is 0 Å². The van der Waals surface area contributed by atoms with Gasteiger partial charge in [-0.1, -0.05) is 6.08 Å². The number of aromatic nitrogens is 1. The van der Waals surface area contributed by atoms with Gasteiger partial charge in [0.05, 0.1) is 18.9 Å². The Kier molecular flexibility index (Phi) is 5.75. The van der Waals surface area contributed by atoms with Crippen LogP contribution in [-0.2, 0) is 19.7 Å². The summed E-state index contributed by atoms with van der Waals surface area (Å²) < 4.78 is 1.65. The minimum absolute atomic E-state index is 0.0113. The number of allylic oxidation sites excluding steroid dienone is 1. The molecule has 6 heteroatoms. The third kappa shape index (κ3) is 3.66. The summed E-state index contributed by atoms with van der Waals surface area (Å²) in [7, 11) is 1.77. The molecule has 1 aromatic heterocycles. The zero-order chi connectivity index (χ0) is 14.4. The van der Waals surface area contributed by atoms with Gasteiger partial charge in [-0.15, -0.1) is 6.58 Å². The summed E-state index contributed by atoms with van der Waals surface area (Å²) in [6.45, 7) is 4.42. The smallest absolute Gasteiger partial charge is 0.223 e. The molecule has 0 saturated carbocycles. The summed E-state index contributed by atoms with van der Waals surface area (Å²) >= 11 is 0. The zero-order valence-electron chi connectivity index (χ0n) is 11.0. The molecule has 0 atom stereocenters. The minimum Gasteiger partial charge on any atom is -0.503 e. The highest BCUT2D eigenvalue weighted by Crippen LogP contribution is 2.17. The number of pyridine rings is 1. The van der Waals surface area contributed by atoms with Gasteiger partial charge in [0.2, 0.25) is 5.43 Å². The predicted octanol–water partition coefficient (Wildman–Crippen LogP) is -0.344. The van der Waals surface area contributed by atoms with Crippen molar-refractivity contribution in [1.82, 2.24) is 9.47 Å². The first-order valence-electron chi connectivity index (χ1n) is 6.00. The van der Waals surface area contributed by atoms with E-state index in [1.54, 1.807) is 22.6 Å². The van der Waals surface area contributed by atoms with E-state index in [0.29, 0.717) is 31.0 Å². The Balaban J connectivity index is 3.27. The van der Waals surface area contributed by atoms with Crippen LogP contribution in [0.2, 0.25) is 0 Å². The number of aromatic hydroxyl groups is 1. The van der Waals surface area contributed by atoms with Gasteiger partial charge in [-0.25, -0.2) is 0 Å². The average Bonchev–Trinajstić information content (AvgIpc) is 2.38. The van der Waals surface area contributed by atoms with Gasteiger partial charge in [0, 0.05) is 31.4 Å². The predicted molar refractivity (Wildman–Crippen MR) is 71.9 cm³/mol. The molecule has 1 rings (SSSR count). The Labute approximate surface area is 111 Å². The van der Waals surface area contributed by atoms with Crippen molar-refractivity contribution in [1.29, 1.82) is 0 Å². The lowest BCUT2D eigenvalue weighted by molar-refractivity contribution is 0.211. The third-order valence-corrected chi connectivity index (χ3v) is 2.85. The van der Waals surface area contributed by atoms with Crippen LogP contribution in [0.15, 0.2) is 23.5 Å². The molecular weight excluding hydrogens is 248 g/mol. The lowest BCUT2D eigenvalue weighted by Gasteiger charge is -2.22. The van der Waals surface area contributed by atoms with Gasteiger partial charge in [0.25, 0.3) is 0 Å². The Morgan fingerprint density at radius 1 is 1.47 bits per heavy atom. The Morgan fingerprint density at radius 3 is 2.68 bits per heavy atom. The minimum atomic E-state index is -0.517. The zero-order valence-corrected chi connectivity index (χ0v) is 11.0. The van der Waals surface area contributed by atoms with Gasteiger partial charge in [-0.3, -0.25) is 9.69 Å². The first kappa shape index (κ1) is 15.4. The molecule has 0 spiro atoms. The lowest BCUT2D eigenvalue weighted by Crippen LogP contribution is -2.26. The number of hydrogen-bond donors (Lipinski definition) is 3. The van der Waals surface area contributed by atoms with Crippen molar-refractivity contribution in [3.63, 3.8) is 0 Å². The van der Waals surface area contributed by atoms with Crippen molar-refractivity contribution in [2.75, 3.05) is 20.2 Å². The first-order chi connectivity index (χ1) is 9.04. The molecule has 1 aromatic rings. The molecule has 0 unspecified atom stereocenters. The first-order valence-corrected chi connectivity index (χ1v) is 6.00. The van der Waals surface area contributed by atoms with Crippen LogP contribution in [0.4, 0.5) is 0 Å². The quantitative estimate of drug-likeness (QED) is 0.589. The van der Waals surface area contributed by atoms with E-state index in [9.17, 15) is 15.0 Å². The average molecular weight is 268 g/mol. The van der Waals surface area contributed by atoms with Gasteiger partial charge in [-0.05, 0) is 7.05 Å². The van der Waals surface area contributed by atoms with E-state index in [0.717, 1.165) is 0 Å².